The van der Waals surface area contributed by atoms with Crippen molar-refractivity contribution >= 4 is 17.4 Å². The fourth-order valence-electron chi connectivity index (χ4n) is 2.27. The first-order chi connectivity index (χ1) is 10.7. The largest absolute Gasteiger partial charge is 0.462 e. The van der Waals surface area contributed by atoms with Crippen LogP contribution in [0.25, 0.3) is 5.65 Å². The molecule has 0 N–H and O–H groups in total. The van der Waals surface area contributed by atoms with E-state index in [4.69, 9.17) is 4.74 Å². The number of imidazole rings is 1. The van der Waals surface area contributed by atoms with Crippen molar-refractivity contribution in [3.63, 3.8) is 0 Å². The molecule has 0 bridgehead atoms. The monoisotopic (exact) mass is 294 g/mol. The number of fused-ring (bicyclic) bond motifs is 1. The van der Waals surface area contributed by atoms with E-state index in [-0.39, 0.29) is 12.4 Å². The predicted molar refractivity (Wildman–Crippen MR) is 81.0 cm³/mol. The maximum absolute atomic E-state index is 12.7. The van der Waals surface area contributed by atoms with Crippen LogP contribution in [0.2, 0.25) is 0 Å². The lowest BCUT2D eigenvalue weighted by molar-refractivity contribution is 0.0526. The van der Waals surface area contributed by atoms with E-state index in [1.54, 1.807) is 60.1 Å². The number of nitrogens with zero attached hydrogens (tertiary/aromatic N) is 2. The van der Waals surface area contributed by atoms with Gasteiger partial charge in [-0.05, 0) is 19.1 Å². The van der Waals surface area contributed by atoms with Crippen LogP contribution in [-0.2, 0) is 4.74 Å². The van der Waals surface area contributed by atoms with E-state index in [2.05, 4.69) is 4.98 Å². The van der Waals surface area contributed by atoms with Crippen LogP contribution in [0, 0.1) is 0 Å². The van der Waals surface area contributed by atoms with Gasteiger partial charge in [-0.25, -0.2) is 9.78 Å². The van der Waals surface area contributed by atoms with Crippen molar-refractivity contribution in [2.45, 2.75) is 6.92 Å². The molecule has 0 radical (unpaired) electrons. The smallest absolute Gasteiger partial charge is 0.338 e. The van der Waals surface area contributed by atoms with Crippen molar-refractivity contribution in [1.29, 1.82) is 0 Å². The van der Waals surface area contributed by atoms with Gasteiger partial charge in [0.1, 0.15) is 5.65 Å². The molecular weight excluding hydrogens is 280 g/mol. The minimum Gasteiger partial charge on any atom is -0.462 e. The van der Waals surface area contributed by atoms with Crippen LogP contribution < -0.4 is 0 Å². The maximum atomic E-state index is 12.7. The number of rotatable bonds is 4. The van der Waals surface area contributed by atoms with Gasteiger partial charge in [0.05, 0.1) is 17.9 Å². The summed E-state index contributed by atoms with van der Waals surface area (Å²) in [5, 5.41) is 0. The lowest BCUT2D eigenvalue weighted by Crippen LogP contribution is -2.12. The minimum atomic E-state index is -0.463. The van der Waals surface area contributed by atoms with Crippen molar-refractivity contribution in [3.05, 3.63) is 71.7 Å². The predicted octanol–water partition coefficient (Wildman–Crippen LogP) is 2.74. The van der Waals surface area contributed by atoms with E-state index >= 15 is 0 Å². The Hall–Kier alpha value is -2.95. The minimum absolute atomic E-state index is 0.172. The van der Waals surface area contributed by atoms with Gasteiger partial charge < -0.3 is 4.74 Å². The van der Waals surface area contributed by atoms with Crippen LogP contribution in [0.4, 0.5) is 0 Å². The molecule has 1 aromatic carbocycles. The highest BCUT2D eigenvalue weighted by atomic mass is 16.5. The third-order valence-electron chi connectivity index (χ3n) is 3.29. The number of carbonyl (C=O) groups excluding carboxylic acids is 2. The van der Waals surface area contributed by atoms with Crippen LogP contribution in [0.5, 0.6) is 0 Å². The second-order valence-electron chi connectivity index (χ2n) is 4.70. The number of pyridine rings is 1. The summed E-state index contributed by atoms with van der Waals surface area (Å²) < 4.78 is 6.67. The van der Waals surface area contributed by atoms with Gasteiger partial charge in [0.2, 0.25) is 5.78 Å². The second kappa shape index (κ2) is 5.81. The molecular formula is C17H14N2O3. The lowest BCUT2D eigenvalue weighted by Gasteiger charge is -2.08. The first kappa shape index (κ1) is 14.0. The quantitative estimate of drug-likeness (QED) is 0.548. The summed E-state index contributed by atoms with van der Waals surface area (Å²) in [6.45, 7) is 2.02. The molecule has 2 heterocycles. The van der Waals surface area contributed by atoms with Gasteiger partial charge in [-0.1, -0.05) is 30.3 Å². The number of carbonyl (C=O) groups is 2. The van der Waals surface area contributed by atoms with Gasteiger partial charge in [0.25, 0.3) is 0 Å². The van der Waals surface area contributed by atoms with Crippen LogP contribution in [0.15, 0.2) is 54.9 Å². The number of benzene rings is 1. The Bertz CT molecular complexity index is 837. The highest BCUT2D eigenvalue weighted by Crippen LogP contribution is 2.16. The molecule has 5 heteroatoms. The van der Waals surface area contributed by atoms with E-state index in [1.807, 2.05) is 6.07 Å². The van der Waals surface area contributed by atoms with Crippen molar-refractivity contribution < 1.29 is 14.3 Å². The van der Waals surface area contributed by atoms with E-state index in [9.17, 15) is 9.59 Å². The molecule has 0 atom stereocenters. The van der Waals surface area contributed by atoms with E-state index in [1.165, 1.54) is 0 Å². The number of esters is 1. The normalized spacial score (nSPS) is 10.6. The molecule has 0 aliphatic carbocycles. The van der Waals surface area contributed by atoms with E-state index in [0.717, 1.165) is 0 Å². The Morgan fingerprint density at radius 3 is 2.64 bits per heavy atom. The summed E-state index contributed by atoms with van der Waals surface area (Å²) in [6.07, 6.45) is 3.28. The molecule has 3 rings (SSSR count). The molecule has 0 amide bonds. The molecule has 0 spiro atoms. The van der Waals surface area contributed by atoms with Crippen molar-refractivity contribution in [2.24, 2.45) is 0 Å². The summed E-state index contributed by atoms with van der Waals surface area (Å²) in [5.41, 5.74) is 1.78. The zero-order valence-electron chi connectivity index (χ0n) is 12.0. The number of aromatic nitrogens is 2. The van der Waals surface area contributed by atoms with Gasteiger partial charge in [0, 0.05) is 18.0 Å². The maximum Gasteiger partial charge on any atom is 0.338 e. The standard InChI is InChI=1S/C17H14N2O3/c1-2-22-17(21)13-10-14(19-9-8-18-15(19)11-13)16(20)12-6-4-3-5-7-12/h3-11H,2H2,1H3. The molecule has 0 saturated heterocycles. The summed E-state index contributed by atoms with van der Waals surface area (Å²) in [5.74, 6) is -0.634. The Kier molecular flexibility index (Phi) is 3.70. The Morgan fingerprint density at radius 1 is 1.14 bits per heavy atom. The fourth-order valence-corrected chi connectivity index (χ4v) is 2.27. The van der Waals surface area contributed by atoms with Crippen molar-refractivity contribution in [1.82, 2.24) is 9.38 Å². The van der Waals surface area contributed by atoms with Gasteiger partial charge >= 0.3 is 5.97 Å². The summed E-state index contributed by atoms with van der Waals surface area (Å²) >= 11 is 0. The molecule has 0 saturated carbocycles. The lowest BCUT2D eigenvalue weighted by atomic mass is 10.1. The zero-order valence-corrected chi connectivity index (χ0v) is 12.0. The molecule has 0 fully saturated rings. The van der Waals surface area contributed by atoms with Gasteiger partial charge in [-0.15, -0.1) is 0 Å². The molecule has 2 aromatic heterocycles. The van der Waals surface area contributed by atoms with Crippen LogP contribution in [-0.4, -0.2) is 27.7 Å². The number of ketones is 1. The van der Waals surface area contributed by atoms with Crippen LogP contribution in [0.1, 0.15) is 33.3 Å². The molecule has 22 heavy (non-hydrogen) atoms. The third kappa shape index (κ3) is 2.48. The number of ether oxygens (including phenoxy) is 1. The highest BCUT2D eigenvalue weighted by molar-refractivity contribution is 6.09. The first-order valence-corrected chi connectivity index (χ1v) is 6.94. The Morgan fingerprint density at radius 2 is 1.91 bits per heavy atom. The van der Waals surface area contributed by atoms with Crippen LogP contribution in [0.3, 0.4) is 0 Å². The van der Waals surface area contributed by atoms with Crippen molar-refractivity contribution in [3.8, 4) is 0 Å². The van der Waals surface area contributed by atoms with Crippen LogP contribution >= 0.6 is 0 Å². The molecule has 3 aromatic rings. The van der Waals surface area contributed by atoms with Gasteiger partial charge in [0.15, 0.2) is 0 Å². The summed E-state index contributed by atoms with van der Waals surface area (Å²) in [6, 6.07) is 12.1. The fraction of sp³-hybridized carbons (Fsp3) is 0.118. The molecule has 110 valence electrons. The molecule has 0 aliphatic heterocycles. The Balaban J connectivity index is 2.13. The molecule has 0 unspecified atom stereocenters. The third-order valence-corrected chi connectivity index (χ3v) is 3.29. The Labute approximate surface area is 127 Å². The number of hydrogen-bond donors (Lipinski definition) is 0. The van der Waals surface area contributed by atoms with Gasteiger partial charge in [-0.2, -0.15) is 0 Å². The SMILES string of the molecule is CCOC(=O)c1cc(C(=O)c2ccccc2)n2ccnc2c1. The topological polar surface area (TPSA) is 60.7 Å². The van der Waals surface area contributed by atoms with E-state index in [0.29, 0.717) is 22.5 Å². The van der Waals surface area contributed by atoms with Crippen molar-refractivity contribution in [2.75, 3.05) is 6.61 Å². The first-order valence-electron chi connectivity index (χ1n) is 6.94. The molecule has 0 aliphatic rings. The highest BCUT2D eigenvalue weighted by Gasteiger charge is 2.17. The molecule has 5 nitrogen and oxygen atoms in total. The second-order valence-corrected chi connectivity index (χ2v) is 4.70. The number of hydrogen-bond acceptors (Lipinski definition) is 4. The van der Waals surface area contributed by atoms with E-state index < -0.39 is 5.97 Å². The average Bonchev–Trinajstić information content (AvgIpc) is 3.02. The zero-order chi connectivity index (χ0) is 15.5. The summed E-state index contributed by atoms with van der Waals surface area (Å²) in [4.78, 5) is 28.8. The van der Waals surface area contributed by atoms with Gasteiger partial charge in [-0.3, -0.25) is 9.20 Å². The average molecular weight is 294 g/mol. The summed E-state index contributed by atoms with van der Waals surface area (Å²) in [7, 11) is 0.